The predicted octanol–water partition coefficient (Wildman–Crippen LogP) is 1.14. The van der Waals surface area contributed by atoms with E-state index in [0.29, 0.717) is 11.5 Å². The van der Waals surface area contributed by atoms with Gasteiger partial charge in [0.1, 0.15) is 11.5 Å². The first-order valence-electron chi connectivity index (χ1n) is 9.10. The fourth-order valence-electron chi connectivity index (χ4n) is 2.06. The summed E-state index contributed by atoms with van der Waals surface area (Å²) in [6.45, 7) is 9.11. The molecule has 0 unspecified atom stereocenters. The number of rotatable bonds is 0. The van der Waals surface area contributed by atoms with Gasteiger partial charge in [0.25, 0.3) is 0 Å². The maximum absolute atomic E-state index is 8.63. The number of hydrogen-bond donors (Lipinski definition) is 6. The first-order chi connectivity index (χ1) is 12.8. The summed E-state index contributed by atoms with van der Waals surface area (Å²) < 4.78 is 0. The van der Waals surface area contributed by atoms with E-state index in [1.54, 1.807) is 48.5 Å². The summed E-state index contributed by atoms with van der Waals surface area (Å²) in [4.78, 5) is 0. The molecule has 26 heavy (non-hydrogen) atoms. The summed E-state index contributed by atoms with van der Waals surface area (Å²) in [6.07, 6.45) is 0. The zero-order valence-corrected chi connectivity index (χ0v) is 15.3. The third-order valence-electron chi connectivity index (χ3n) is 3.43. The largest absolute Gasteiger partial charge is 0.508 e. The third-order valence-corrected chi connectivity index (χ3v) is 3.43. The number of benzene rings is 2. The molecular weight excluding hydrogens is 328 g/mol. The van der Waals surface area contributed by atoms with Gasteiger partial charge in [-0.2, -0.15) is 0 Å². The van der Waals surface area contributed by atoms with Crippen molar-refractivity contribution in [2.75, 3.05) is 52.4 Å². The molecule has 0 amide bonds. The van der Waals surface area contributed by atoms with Gasteiger partial charge in [0.2, 0.25) is 0 Å². The minimum Gasteiger partial charge on any atom is -0.508 e. The van der Waals surface area contributed by atoms with Crippen LogP contribution in [0.3, 0.4) is 0 Å². The number of piperazine rings is 2. The van der Waals surface area contributed by atoms with Crippen LogP contribution in [0.15, 0.2) is 60.7 Å². The number of phenols is 2. The van der Waals surface area contributed by atoms with Crippen LogP contribution in [-0.2, 0) is 0 Å². The van der Waals surface area contributed by atoms with Gasteiger partial charge in [-0.3, -0.25) is 0 Å². The Morgan fingerprint density at radius 2 is 0.654 bits per heavy atom. The molecule has 2 heterocycles. The summed E-state index contributed by atoms with van der Waals surface area (Å²) in [6, 6.07) is 17.4. The zero-order chi connectivity index (χ0) is 18.7. The lowest BCUT2D eigenvalue weighted by atomic mass is 10.3. The highest BCUT2D eigenvalue weighted by molar-refractivity contribution is 5.19. The molecule has 0 aliphatic carbocycles. The molecule has 2 aliphatic rings. The highest BCUT2D eigenvalue weighted by Gasteiger charge is 1.92. The van der Waals surface area contributed by atoms with Crippen LogP contribution in [0.1, 0.15) is 0 Å². The minimum absolute atomic E-state index is 0.322. The number of hydrogen-bond acceptors (Lipinski definition) is 6. The lowest BCUT2D eigenvalue weighted by Gasteiger charge is -2.11. The van der Waals surface area contributed by atoms with Crippen molar-refractivity contribution < 1.29 is 10.2 Å². The second-order valence-electron chi connectivity index (χ2n) is 5.67. The lowest BCUT2D eigenvalue weighted by Crippen LogP contribution is -2.39. The highest BCUT2D eigenvalue weighted by atomic mass is 16.3. The fourth-order valence-corrected chi connectivity index (χ4v) is 2.06. The molecule has 0 atom stereocenters. The Hall–Kier alpha value is -2.12. The van der Waals surface area contributed by atoms with Crippen molar-refractivity contribution in [2.24, 2.45) is 0 Å². The third kappa shape index (κ3) is 14.2. The topological polar surface area (TPSA) is 88.6 Å². The van der Waals surface area contributed by atoms with Crippen LogP contribution in [-0.4, -0.2) is 62.6 Å². The molecule has 2 aromatic carbocycles. The van der Waals surface area contributed by atoms with E-state index >= 15 is 0 Å². The Kier molecular flexibility index (Phi) is 13.8. The van der Waals surface area contributed by atoms with Crippen LogP contribution < -0.4 is 21.3 Å². The van der Waals surface area contributed by atoms with E-state index in [1.807, 2.05) is 12.1 Å². The van der Waals surface area contributed by atoms with Gasteiger partial charge in [-0.25, -0.2) is 0 Å². The standard InChI is InChI=1S/2C6H6O.2C4H10N2/c2*7-6-4-2-1-3-5-6;2*1-2-6-4-3-5-1/h2*1-5,7H;2*5-6H,1-4H2. The SMILES string of the molecule is C1CNCCN1.C1CNCCN1.Oc1ccccc1.Oc1ccccc1. The van der Waals surface area contributed by atoms with Crippen LogP contribution in [0.4, 0.5) is 0 Å². The summed E-state index contributed by atoms with van der Waals surface area (Å²) in [5.41, 5.74) is 0. The molecule has 2 aromatic rings. The van der Waals surface area contributed by atoms with E-state index in [-0.39, 0.29) is 0 Å². The molecule has 6 nitrogen and oxygen atoms in total. The van der Waals surface area contributed by atoms with Crippen molar-refractivity contribution in [2.45, 2.75) is 0 Å². The van der Waals surface area contributed by atoms with Gasteiger partial charge in [-0.05, 0) is 24.3 Å². The minimum atomic E-state index is 0.322. The normalized spacial score (nSPS) is 15.7. The summed E-state index contributed by atoms with van der Waals surface area (Å²) in [5.74, 6) is 0.644. The Morgan fingerprint density at radius 1 is 0.423 bits per heavy atom. The van der Waals surface area contributed by atoms with E-state index in [9.17, 15) is 0 Å². The maximum Gasteiger partial charge on any atom is 0.115 e. The van der Waals surface area contributed by atoms with Gasteiger partial charge < -0.3 is 31.5 Å². The summed E-state index contributed by atoms with van der Waals surface area (Å²) in [5, 5.41) is 30.2. The molecule has 4 rings (SSSR count). The molecule has 2 saturated heterocycles. The molecule has 2 aliphatic heterocycles. The van der Waals surface area contributed by atoms with Gasteiger partial charge in [-0.15, -0.1) is 0 Å². The average Bonchev–Trinajstić information content (AvgIpc) is 2.73. The number of nitrogens with one attached hydrogen (secondary N) is 4. The predicted molar refractivity (Wildman–Crippen MR) is 108 cm³/mol. The Balaban J connectivity index is 0.000000174. The van der Waals surface area contributed by atoms with Gasteiger partial charge in [-0.1, -0.05) is 36.4 Å². The van der Waals surface area contributed by atoms with Crippen LogP contribution in [0.2, 0.25) is 0 Å². The molecule has 0 radical (unpaired) electrons. The van der Waals surface area contributed by atoms with E-state index in [2.05, 4.69) is 21.3 Å². The number of para-hydroxylation sites is 2. The van der Waals surface area contributed by atoms with Crippen molar-refractivity contribution >= 4 is 0 Å². The smallest absolute Gasteiger partial charge is 0.115 e. The number of phenolic OH excluding ortho intramolecular Hbond substituents is 2. The molecule has 144 valence electrons. The average molecular weight is 361 g/mol. The zero-order valence-electron chi connectivity index (χ0n) is 15.3. The first kappa shape index (κ1) is 21.9. The Bertz CT molecular complexity index is 445. The molecule has 0 spiro atoms. The lowest BCUT2D eigenvalue weighted by molar-refractivity contribution is 0.475. The summed E-state index contributed by atoms with van der Waals surface area (Å²) >= 11 is 0. The molecule has 0 saturated carbocycles. The Morgan fingerprint density at radius 3 is 0.769 bits per heavy atom. The van der Waals surface area contributed by atoms with Gasteiger partial charge in [0, 0.05) is 52.4 Å². The molecule has 6 heteroatoms. The van der Waals surface area contributed by atoms with E-state index < -0.39 is 0 Å². The molecule has 0 bridgehead atoms. The highest BCUT2D eigenvalue weighted by Crippen LogP contribution is 2.03. The van der Waals surface area contributed by atoms with Crippen LogP contribution in [0.5, 0.6) is 11.5 Å². The van der Waals surface area contributed by atoms with Crippen molar-refractivity contribution in [3.8, 4) is 11.5 Å². The number of aromatic hydroxyl groups is 2. The summed E-state index contributed by atoms with van der Waals surface area (Å²) in [7, 11) is 0. The first-order valence-corrected chi connectivity index (χ1v) is 9.10. The quantitative estimate of drug-likeness (QED) is 0.422. The van der Waals surface area contributed by atoms with Gasteiger partial charge >= 0.3 is 0 Å². The molecule has 2 fully saturated rings. The molecule has 6 N–H and O–H groups in total. The van der Waals surface area contributed by atoms with Crippen LogP contribution in [0.25, 0.3) is 0 Å². The van der Waals surface area contributed by atoms with Crippen molar-refractivity contribution in [3.05, 3.63) is 60.7 Å². The monoisotopic (exact) mass is 360 g/mol. The van der Waals surface area contributed by atoms with E-state index in [4.69, 9.17) is 10.2 Å². The second-order valence-corrected chi connectivity index (χ2v) is 5.67. The maximum atomic E-state index is 8.63. The Labute approximate surface area is 156 Å². The van der Waals surface area contributed by atoms with Crippen molar-refractivity contribution in [1.29, 1.82) is 0 Å². The van der Waals surface area contributed by atoms with E-state index in [1.165, 1.54) is 0 Å². The van der Waals surface area contributed by atoms with Gasteiger partial charge in [0.15, 0.2) is 0 Å². The van der Waals surface area contributed by atoms with Crippen molar-refractivity contribution in [1.82, 2.24) is 21.3 Å². The van der Waals surface area contributed by atoms with Crippen LogP contribution in [0, 0.1) is 0 Å². The second kappa shape index (κ2) is 16.4. The van der Waals surface area contributed by atoms with Crippen molar-refractivity contribution in [3.63, 3.8) is 0 Å². The fraction of sp³-hybridized carbons (Fsp3) is 0.400. The van der Waals surface area contributed by atoms with Crippen LogP contribution >= 0.6 is 0 Å². The molecular formula is C20H32N4O2. The van der Waals surface area contributed by atoms with E-state index in [0.717, 1.165) is 52.4 Å². The van der Waals surface area contributed by atoms with Gasteiger partial charge in [0.05, 0.1) is 0 Å². The molecule has 0 aromatic heterocycles.